The third-order valence-electron chi connectivity index (χ3n) is 6.94. The first kappa shape index (κ1) is 14.0. The van der Waals surface area contributed by atoms with Gasteiger partial charge in [-0.05, 0) is 74.5 Å². The van der Waals surface area contributed by atoms with E-state index in [9.17, 15) is 9.90 Å². The molecule has 5 aliphatic rings. The average Bonchev–Trinajstić information content (AvgIpc) is 2.83. The van der Waals surface area contributed by atoms with E-state index < -0.39 is 0 Å². The van der Waals surface area contributed by atoms with Crippen LogP contribution in [0.5, 0.6) is 0 Å². The molecule has 5 aliphatic carbocycles. The number of amides is 1. The predicted octanol–water partition coefficient (Wildman–Crippen LogP) is 2.87. The standard InChI is InChI=1S/C18H29NO2/c20-11-15-2-1-3-16(15)19-17(21)10-18-7-12-4-13(8-18)6-14(5-12)9-18/h12-16,20H,1-11H2,(H,19,21). The van der Waals surface area contributed by atoms with Crippen molar-refractivity contribution in [3.05, 3.63) is 0 Å². The van der Waals surface area contributed by atoms with Crippen LogP contribution < -0.4 is 5.32 Å². The Morgan fingerprint density at radius 1 is 1.05 bits per heavy atom. The molecular formula is C18H29NO2. The van der Waals surface area contributed by atoms with Crippen LogP contribution in [0.4, 0.5) is 0 Å². The van der Waals surface area contributed by atoms with Gasteiger partial charge in [0, 0.05) is 25.0 Å². The maximum absolute atomic E-state index is 12.6. The molecule has 0 aromatic rings. The molecule has 0 aromatic carbocycles. The van der Waals surface area contributed by atoms with Crippen LogP contribution in [-0.2, 0) is 4.79 Å². The largest absolute Gasteiger partial charge is 0.396 e. The molecule has 2 unspecified atom stereocenters. The average molecular weight is 291 g/mol. The summed E-state index contributed by atoms with van der Waals surface area (Å²) in [7, 11) is 0. The molecule has 0 spiro atoms. The Morgan fingerprint density at radius 3 is 2.24 bits per heavy atom. The second-order valence-corrected chi connectivity index (χ2v) is 8.64. The molecule has 118 valence electrons. The second-order valence-electron chi connectivity index (χ2n) is 8.64. The topological polar surface area (TPSA) is 49.3 Å². The fourth-order valence-corrected chi connectivity index (χ4v) is 6.55. The van der Waals surface area contributed by atoms with Crippen molar-refractivity contribution >= 4 is 5.91 Å². The summed E-state index contributed by atoms with van der Waals surface area (Å²) in [5.74, 6) is 3.31. The van der Waals surface area contributed by atoms with Crippen LogP contribution in [0.15, 0.2) is 0 Å². The van der Waals surface area contributed by atoms with Crippen molar-refractivity contribution in [2.45, 2.75) is 70.3 Å². The van der Waals surface area contributed by atoms with Crippen molar-refractivity contribution in [1.82, 2.24) is 5.32 Å². The Labute approximate surface area is 127 Å². The lowest BCUT2D eigenvalue weighted by atomic mass is 9.49. The van der Waals surface area contributed by atoms with Crippen molar-refractivity contribution < 1.29 is 9.90 Å². The van der Waals surface area contributed by atoms with Gasteiger partial charge in [0.1, 0.15) is 0 Å². The summed E-state index contributed by atoms with van der Waals surface area (Å²) < 4.78 is 0. The van der Waals surface area contributed by atoms with Crippen LogP contribution in [-0.4, -0.2) is 23.7 Å². The Kier molecular flexibility index (Phi) is 3.52. The minimum absolute atomic E-state index is 0.225. The van der Waals surface area contributed by atoms with Crippen LogP contribution in [0.2, 0.25) is 0 Å². The van der Waals surface area contributed by atoms with Crippen molar-refractivity contribution in [2.75, 3.05) is 6.61 Å². The smallest absolute Gasteiger partial charge is 0.220 e. The van der Waals surface area contributed by atoms with Crippen LogP contribution in [0.25, 0.3) is 0 Å². The number of aliphatic hydroxyl groups excluding tert-OH is 1. The molecule has 2 N–H and O–H groups in total. The van der Waals surface area contributed by atoms with Gasteiger partial charge in [-0.15, -0.1) is 0 Å². The van der Waals surface area contributed by atoms with E-state index in [0.29, 0.717) is 11.3 Å². The molecule has 2 atom stereocenters. The SMILES string of the molecule is O=C(CC12CC3CC(CC(C3)C1)C2)NC1CCCC1CO. The molecule has 3 heteroatoms. The minimum atomic E-state index is 0.225. The van der Waals surface area contributed by atoms with Gasteiger partial charge < -0.3 is 10.4 Å². The molecule has 5 saturated carbocycles. The van der Waals surface area contributed by atoms with E-state index in [1.807, 2.05) is 0 Å². The van der Waals surface area contributed by atoms with E-state index in [1.165, 1.54) is 38.5 Å². The maximum Gasteiger partial charge on any atom is 0.220 e. The zero-order valence-corrected chi connectivity index (χ0v) is 13.0. The van der Waals surface area contributed by atoms with Crippen molar-refractivity contribution in [3.63, 3.8) is 0 Å². The third-order valence-corrected chi connectivity index (χ3v) is 6.94. The number of aliphatic hydroxyl groups is 1. The van der Waals surface area contributed by atoms with Gasteiger partial charge in [0.2, 0.25) is 5.91 Å². The highest BCUT2D eigenvalue weighted by Crippen LogP contribution is 2.61. The van der Waals surface area contributed by atoms with Crippen molar-refractivity contribution in [2.24, 2.45) is 29.1 Å². The van der Waals surface area contributed by atoms with Crippen LogP contribution in [0.3, 0.4) is 0 Å². The van der Waals surface area contributed by atoms with E-state index in [0.717, 1.165) is 43.4 Å². The highest BCUT2D eigenvalue weighted by Gasteiger charge is 2.51. The van der Waals surface area contributed by atoms with Crippen LogP contribution in [0, 0.1) is 29.1 Å². The number of carbonyl (C=O) groups excluding carboxylic acids is 1. The molecule has 21 heavy (non-hydrogen) atoms. The summed E-state index contributed by atoms with van der Waals surface area (Å²) in [6, 6.07) is 0.233. The summed E-state index contributed by atoms with van der Waals surface area (Å²) in [5, 5.41) is 12.7. The minimum Gasteiger partial charge on any atom is -0.396 e. The van der Waals surface area contributed by atoms with E-state index in [2.05, 4.69) is 5.32 Å². The number of hydrogen-bond acceptors (Lipinski definition) is 2. The molecule has 0 aliphatic heterocycles. The van der Waals surface area contributed by atoms with E-state index in [4.69, 9.17) is 0 Å². The first-order chi connectivity index (χ1) is 10.2. The van der Waals surface area contributed by atoms with Gasteiger partial charge in [-0.1, -0.05) is 6.42 Å². The zero-order valence-electron chi connectivity index (χ0n) is 13.0. The van der Waals surface area contributed by atoms with Crippen LogP contribution in [0.1, 0.15) is 64.2 Å². The normalized spacial score (nSPS) is 47.8. The quantitative estimate of drug-likeness (QED) is 0.837. The summed E-state index contributed by atoms with van der Waals surface area (Å²) in [6.45, 7) is 0.225. The Bertz CT molecular complexity index is 384. The summed E-state index contributed by atoms with van der Waals surface area (Å²) in [5.41, 5.74) is 0.339. The summed E-state index contributed by atoms with van der Waals surface area (Å²) in [4.78, 5) is 12.6. The summed E-state index contributed by atoms with van der Waals surface area (Å²) in [6.07, 6.45) is 12.3. The Balaban J connectivity index is 1.38. The lowest BCUT2D eigenvalue weighted by molar-refractivity contribution is -0.130. The third kappa shape index (κ3) is 2.62. The number of carbonyl (C=O) groups is 1. The molecule has 0 aromatic heterocycles. The van der Waals surface area contributed by atoms with E-state index in [1.54, 1.807) is 0 Å². The highest BCUT2D eigenvalue weighted by atomic mass is 16.3. The van der Waals surface area contributed by atoms with Gasteiger partial charge >= 0.3 is 0 Å². The molecular weight excluding hydrogens is 262 g/mol. The molecule has 4 bridgehead atoms. The van der Waals surface area contributed by atoms with Gasteiger partial charge in [-0.2, -0.15) is 0 Å². The molecule has 0 saturated heterocycles. The molecule has 0 heterocycles. The Hall–Kier alpha value is -0.570. The molecule has 0 radical (unpaired) electrons. The van der Waals surface area contributed by atoms with E-state index >= 15 is 0 Å². The molecule has 5 rings (SSSR count). The van der Waals surface area contributed by atoms with E-state index in [-0.39, 0.29) is 18.6 Å². The first-order valence-electron chi connectivity index (χ1n) is 9.06. The second kappa shape index (κ2) is 5.26. The van der Waals surface area contributed by atoms with Gasteiger partial charge in [0.25, 0.3) is 0 Å². The lowest BCUT2D eigenvalue weighted by Gasteiger charge is -2.56. The monoisotopic (exact) mass is 291 g/mol. The van der Waals surface area contributed by atoms with Crippen molar-refractivity contribution in [1.29, 1.82) is 0 Å². The Morgan fingerprint density at radius 2 is 1.67 bits per heavy atom. The molecule has 1 amide bonds. The molecule has 3 nitrogen and oxygen atoms in total. The lowest BCUT2D eigenvalue weighted by Crippen LogP contribution is -2.49. The number of rotatable bonds is 4. The van der Waals surface area contributed by atoms with Gasteiger partial charge in [-0.3, -0.25) is 4.79 Å². The van der Waals surface area contributed by atoms with Crippen molar-refractivity contribution in [3.8, 4) is 0 Å². The fourth-order valence-electron chi connectivity index (χ4n) is 6.55. The highest BCUT2D eigenvalue weighted by molar-refractivity contribution is 5.77. The predicted molar refractivity (Wildman–Crippen MR) is 81.6 cm³/mol. The van der Waals surface area contributed by atoms with Gasteiger partial charge in [0.05, 0.1) is 0 Å². The van der Waals surface area contributed by atoms with Gasteiger partial charge in [0.15, 0.2) is 0 Å². The number of hydrogen-bond donors (Lipinski definition) is 2. The fraction of sp³-hybridized carbons (Fsp3) is 0.944. The van der Waals surface area contributed by atoms with Crippen LogP contribution >= 0.6 is 0 Å². The maximum atomic E-state index is 12.6. The van der Waals surface area contributed by atoms with Gasteiger partial charge in [-0.25, -0.2) is 0 Å². The zero-order chi connectivity index (χ0) is 14.4. The molecule has 5 fully saturated rings. The number of nitrogens with one attached hydrogen (secondary N) is 1. The first-order valence-corrected chi connectivity index (χ1v) is 9.06. The summed E-state index contributed by atoms with van der Waals surface area (Å²) >= 11 is 0.